The fourth-order valence-corrected chi connectivity index (χ4v) is 1.83. The Kier molecular flexibility index (Phi) is 3.78. The van der Waals surface area contributed by atoms with Crippen molar-refractivity contribution in [3.8, 4) is 17.0 Å². The van der Waals surface area contributed by atoms with Gasteiger partial charge in [0.25, 0.3) is 0 Å². The molecule has 4 nitrogen and oxygen atoms in total. The van der Waals surface area contributed by atoms with Gasteiger partial charge in [0.1, 0.15) is 17.9 Å². The molecule has 106 valence electrons. The van der Waals surface area contributed by atoms with Crippen LogP contribution >= 0.6 is 0 Å². The molecule has 0 aliphatic heterocycles. The van der Waals surface area contributed by atoms with Crippen LogP contribution in [0.1, 0.15) is 5.56 Å². The highest BCUT2D eigenvalue weighted by Crippen LogP contribution is 2.29. The lowest BCUT2D eigenvalue weighted by atomic mass is 10.1. The maximum Gasteiger partial charge on any atom is 0.573 e. The fourth-order valence-electron chi connectivity index (χ4n) is 1.83. The maximum atomic E-state index is 12.2. The number of alkyl halides is 3. The van der Waals surface area contributed by atoms with Gasteiger partial charge in [-0.1, -0.05) is 12.1 Å². The molecule has 0 fully saturated rings. The Morgan fingerprint density at radius 2 is 1.95 bits per heavy atom. The molecule has 7 heteroatoms. The first-order valence-electron chi connectivity index (χ1n) is 5.76. The summed E-state index contributed by atoms with van der Waals surface area (Å²) in [5, 5.41) is 2.90. The normalized spacial score (nSPS) is 11.2. The third-order valence-electron chi connectivity index (χ3n) is 2.66. The Morgan fingerprint density at radius 1 is 1.20 bits per heavy atom. The number of aromatic nitrogens is 2. The highest BCUT2D eigenvalue weighted by atomic mass is 19.4. The van der Waals surface area contributed by atoms with Crippen LogP contribution in [0.4, 0.5) is 19.0 Å². The van der Waals surface area contributed by atoms with E-state index < -0.39 is 6.36 Å². The van der Waals surface area contributed by atoms with E-state index in [0.29, 0.717) is 17.1 Å². The SMILES string of the molecule is CNc1ncnc(-c2cccc(OC(F)(F)F)c2)c1C. The van der Waals surface area contributed by atoms with Crippen molar-refractivity contribution < 1.29 is 17.9 Å². The minimum Gasteiger partial charge on any atom is -0.406 e. The summed E-state index contributed by atoms with van der Waals surface area (Å²) >= 11 is 0. The molecule has 0 radical (unpaired) electrons. The maximum absolute atomic E-state index is 12.2. The predicted octanol–water partition coefficient (Wildman–Crippen LogP) is 3.39. The average molecular weight is 283 g/mol. The number of benzene rings is 1. The molecule has 0 aliphatic rings. The van der Waals surface area contributed by atoms with Crippen LogP contribution in [-0.4, -0.2) is 23.4 Å². The van der Waals surface area contributed by atoms with Gasteiger partial charge in [-0.15, -0.1) is 13.2 Å². The second-order valence-electron chi connectivity index (χ2n) is 4.02. The predicted molar refractivity (Wildman–Crippen MR) is 68.4 cm³/mol. The number of nitrogens with zero attached hydrogens (tertiary/aromatic N) is 2. The molecule has 1 aromatic heterocycles. The molecule has 0 aliphatic carbocycles. The van der Waals surface area contributed by atoms with E-state index in [1.807, 2.05) is 0 Å². The molecule has 0 saturated carbocycles. The summed E-state index contributed by atoms with van der Waals surface area (Å²) in [4.78, 5) is 8.14. The quantitative estimate of drug-likeness (QED) is 0.938. The van der Waals surface area contributed by atoms with Crippen molar-refractivity contribution in [1.82, 2.24) is 9.97 Å². The first kappa shape index (κ1) is 14.1. The molecule has 0 spiro atoms. The molecule has 0 amide bonds. The van der Waals surface area contributed by atoms with Crippen molar-refractivity contribution in [2.75, 3.05) is 12.4 Å². The standard InChI is InChI=1S/C13H12F3N3O/c1-8-11(18-7-19-12(8)17-2)9-4-3-5-10(6-9)20-13(14,15)16/h3-7H,1-2H3,(H,17,18,19). The molecule has 0 atom stereocenters. The van der Waals surface area contributed by atoms with E-state index >= 15 is 0 Å². The highest BCUT2D eigenvalue weighted by Gasteiger charge is 2.31. The summed E-state index contributed by atoms with van der Waals surface area (Å²) in [6.45, 7) is 1.79. The second kappa shape index (κ2) is 5.36. The van der Waals surface area contributed by atoms with Gasteiger partial charge in [-0.05, 0) is 19.1 Å². The van der Waals surface area contributed by atoms with E-state index in [2.05, 4.69) is 20.0 Å². The Morgan fingerprint density at radius 3 is 2.60 bits per heavy atom. The highest BCUT2D eigenvalue weighted by molar-refractivity contribution is 5.68. The smallest absolute Gasteiger partial charge is 0.406 e. The van der Waals surface area contributed by atoms with Crippen molar-refractivity contribution >= 4 is 5.82 Å². The van der Waals surface area contributed by atoms with Crippen LogP contribution in [0.2, 0.25) is 0 Å². The zero-order valence-electron chi connectivity index (χ0n) is 10.8. The number of anilines is 1. The summed E-state index contributed by atoms with van der Waals surface area (Å²) in [6, 6.07) is 5.68. The van der Waals surface area contributed by atoms with E-state index in [9.17, 15) is 13.2 Å². The zero-order valence-corrected chi connectivity index (χ0v) is 10.8. The summed E-state index contributed by atoms with van der Waals surface area (Å²) in [5.41, 5.74) is 1.83. The number of ether oxygens (including phenoxy) is 1. The number of hydrogen-bond acceptors (Lipinski definition) is 4. The topological polar surface area (TPSA) is 47.0 Å². The van der Waals surface area contributed by atoms with Crippen LogP contribution in [0, 0.1) is 6.92 Å². The van der Waals surface area contributed by atoms with Crippen LogP contribution in [0.3, 0.4) is 0 Å². The first-order chi connectivity index (χ1) is 9.40. The lowest BCUT2D eigenvalue weighted by Gasteiger charge is -2.12. The Balaban J connectivity index is 2.41. The third kappa shape index (κ3) is 3.17. The van der Waals surface area contributed by atoms with Gasteiger partial charge >= 0.3 is 6.36 Å². The van der Waals surface area contributed by atoms with E-state index in [-0.39, 0.29) is 5.75 Å². The lowest BCUT2D eigenvalue weighted by Crippen LogP contribution is -2.17. The molecule has 2 rings (SSSR count). The molecule has 1 N–H and O–H groups in total. The zero-order chi connectivity index (χ0) is 14.8. The molecule has 1 heterocycles. The molecule has 0 saturated heterocycles. The average Bonchev–Trinajstić information content (AvgIpc) is 2.37. The van der Waals surface area contributed by atoms with Crippen molar-refractivity contribution in [1.29, 1.82) is 0 Å². The van der Waals surface area contributed by atoms with Crippen LogP contribution in [0.15, 0.2) is 30.6 Å². The van der Waals surface area contributed by atoms with Gasteiger partial charge in [-0.25, -0.2) is 9.97 Å². The molecule has 1 aromatic carbocycles. The molecular weight excluding hydrogens is 271 g/mol. The molecular formula is C13H12F3N3O. The van der Waals surface area contributed by atoms with Gasteiger partial charge < -0.3 is 10.1 Å². The van der Waals surface area contributed by atoms with Gasteiger partial charge in [0.05, 0.1) is 5.69 Å². The Hall–Kier alpha value is -2.31. The van der Waals surface area contributed by atoms with E-state index in [4.69, 9.17) is 0 Å². The summed E-state index contributed by atoms with van der Waals surface area (Å²) in [7, 11) is 1.71. The molecule has 0 unspecified atom stereocenters. The van der Waals surface area contributed by atoms with Crippen molar-refractivity contribution in [2.24, 2.45) is 0 Å². The summed E-state index contributed by atoms with van der Waals surface area (Å²) in [6.07, 6.45) is -3.36. The number of hydrogen-bond donors (Lipinski definition) is 1. The summed E-state index contributed by atoms with van der Waals surface area (Å²) in [5.74, 6) is 0.344. The summed E-state index contributed by atoms with van der Waals surface area (Å²) < 4.78 is 40.5. The van der Waals surface area contributed by atoms with Gasteiger partial charge in [0, 0.05) is 18.2 Å². The fraction of sp³-hybridized carbons (Fsp3) is 0.231. The van der Waals surface area contributed by atoms with Gasteiger partial charge in [0.15, 0.2) is 0 Å². The number of halogens is 3. The monoisotopic (exact) mass is 283 g/mol. The number of rotatable bonds is 3. The van der Waals surface area contributed by atoms with Crippen LogP contribution in [0.25, 0.3) is 11.3 Å². The molecule has 20 heavy (non-hydrogen) atoms. The Labute approximate surface area is 113 Å². The van der Waals surface area contributed by atoms with Crippen LogP contribution in [-0.2, 0) is 0 Å². The molecule has 0 bridgehead atoms. The van der Waals surface area contributed by atoms with Crippen LogP contribution in [0.5, 0.6) is 5.75 Å². The largest absolute Gasteiger partial charge is 0.573 e. The Bertz CT molecular complexity index is 614. The third-order valence-corrected chi connectivity index (χ3v) is 2.66. The first-order valence-corrected chi connectivity index (χ1v) is 5.76. The van der Waals surface area contributed by atoms with Crippen molar-refractivity contribution in [3.05, 3.63) is 36.2 Å². The minimum atomic E-state index is -4.71. The van der Waals surface area contributed by atoms with E-state index in [0.717, 1.165) is 5.56 Å². The van der Waals surface area contributed by atoms with Gasteiger partial charge in [-0.2, -0.15) is 0 Å². The second-order valence-corrected chi connectivity index (χ2v) is 4.02. The van der Waals surface area contributed by atoms with Crippen molar-refractivity contribution in [2.45, 2.75) is 13.3 Å². The van der Waals surface area contributed by atoms with Crippen molar-refractivity contribution in [3.63, 3.8) is 0 Å². The number of nitrogens with one attached hydrogen (secondary N) is 1. The minimum absolute atomic E-state index is 0.279. The molecule has 2 aromatic rings. The van der Waals surface area contributed by atoms with E-state index in [1.54, 1.807) is 20.0 Å². The van der Waals surface area contributed by atoms with Gasteiger partial charge in [-0.3, -0.25) is 0 Å². The lowest BCUT2D eigenvalue weighted by molar-refractivity contribution is -0.274. The van der Waals surface area contributed by atoms with Gasteiger partial charge in [0.2, 0.25) is 0 Å². The van der Waals surface area contributed by atoms with E-state index in [1.165, 1.54) is 24.5 Å². The van der Waals surface area contributed by atoms with Crippen LogP contribution < -0.4 is 10.1 Å².